The molecule has 5 nitrogen and oxygen atoms in total. The zero-order valence-electron chi connectivity index (χ0n) is 22.3. The molecule has 194 valence electrons. The molecule has 0 spiro atoms. The third kappa shape index (κ3) is 4.64. The van der Waals surface area contributed by atoms with Gasteiger partial charge in [0.1, 0.15) is 11.9 Å². The van der Waals surface area contributed by atoms with Crippen molar-refractivity contribution in [3.05, 3.63) is 12.7 Å². The molecule has 0 aromatic heterocycles. The van der Waals surface area contributed by atoms with Gasteiger partial charge in [-0.15, -0.1) is 18.3 Å². The van der Waals surface area contributed by atoms with Crippen molar-refractivity contribution < 1.29 is 19.4 Å². The number of carbonyl (C=O) groups excluding carboxylic acids is 2. The third-order valence-corrected chi connectivity index (χ3v) is 11.2. The summed E-state index contributed by atoms with van der Waals surface area (Å²) in [5, 5.41) is 11.6. The van der Waals surface area contributed by atoms with Crippen LogP contribution in [0.25, 0.3) is 0 Å². The van der Waals surface area contributed by atoms with Crippen LogP contribution >= 0.6 is 11.8 Å². The van der Waals surface area contributed by atoms with Crippen LogP contribution in [0.5, 0.6) is 0 Å². The van der Waals surface area contributed by atoms with Gasteiger partial charge < -0.3 is 14.7 Å². The SMILES string of the molecule is C=C[C@]1(C)CC(OC(=O)CSCCN(CC)CC)[C@@]2(C)C(C)CC[C@]3(CCC(=O)[C@@H]32)C(C)C1O. The monoisotopic (exact) mass is 493 g/mol. The van der Waals surface area contributed by atoms with Crippen LogP contribution in [0.4, 0.5) is 0 Å². The number of nitrogens with zero attached hydrogens (tertiary/aromatic N) is 1. The van der Waals surface area contributed by atoms with Crippen molar-refractivity contribution in [3.63, 3.8) is 0 Å². The molecular weight excluding hydrogens is 446 g/mol. The first-order valence-electron chi connectivity index (χ1n) is 13.3. The first-order valence-corrected chi connectivity index (χ1v) is 14.5. The lowest BCUT2D eigenvalue weighted by Gasteiger charge is -2.61. The highest BCUT2D eigenvalue weighted by molar-refractivity contribution is 7.99. The maximum Gasteiger partial charge on any atom is 0.316 e. The topological polar surface area (TPSA) is 66.8 Å². The van der Waals surface area contributed by atoms with Crippen LogP contribution in [-0.2, 0) is 14.3 Å². The highest BCUT2D eigenvalue weighted by Crippen LogP contribution is 2.67. The lowest BCUT2D eigenvalue weighted by atomic mass is 9.44. The molecule has 34 heavy (non-hydrogen) atoms. The van der Waals surface area contributed by atoms with Crippen molar-refractivity contribution in [2.75, 3.05) is 31.1 Å². The number of aliphatic hydroxyl groups is 1. The van der Waals surface area contributed by atoms with E-state index in [-0.39, 0.29) is 29.1 Å². The maximum absolute atomic E-state index is 13.4. The van der Waals surface area contributed by atoms with Crippen molar-refractivity contribution in [1.29, 1.82) is 0 Å². The van der Waals surface area contributed by atoms with Gasteiger partial charge >= 0.3 is 5.97 Å². The van der Waals surface area contributed by atoms with Crippen molar-refractivity contribution in [2.24, 2.45) is 34.0 Å². The first-order chi connectivity index (χ1) is 16.0. The number of esters is 1. The van der Waals surface area contributed by atoms with E-state index in [2.05, 4.69) is 46.1 Å². The fraction of sp³-hybridized carbons (Fsp3) is 0.857. The molecule has 6 heteroatoms. The number of aliphatic hydroxyl groups excluding tert-OH is 1. The molecule has 8 atom stereocenters. The Bertz CT molecular complexity index is 770. The summed E-state index contributed by atoms with van der Waals surface area (Å²) in [7, 11) is 0. The Labute approximate surface area is 211 Å². The molecule has 3 aliphatic rings. The summed E-state index contributed by atoms with van der Waals surface area (Å²) in [5.41, 5.74) is -1.25. The number of thioether (sulfide) groups is 1. The molecule has 3 aliphatic carbocycles. The molecule has 1 N–H and O–H groups in total. The Balaban J connectivity index is 1.88. The van der Waals surface area contributed by atoms with E-state index in [1.54, 1.807) is 11.8 Å². The lowest BCUT2D eigenvalue weighted by molar-refractivity contribution is -0.205. The number of ketones is 1. The van der Waals surface area contributed by atoms with Crippen LogP contribution in [0, 0.1) is 34.0 Å². The average Bonchev–Trinajstić information content (AvgIpc) is 3.17. The highest BCUT2D eigenvalue weighted by Gasteiger charge is 2.68. The minimum absolute atomic E-state index is 0.00828. The van der Waals surface area contributed by atoms with E-state index in [1.165, 1.54) is 0 Å². The summed E-state index contributed by atoms with van der Waals surface area (Å²) >= 11 is 1.61. The fourth-order valence-corrected chi connectivity index (χ4v) is 8.35. The Morgan fingerprint density at radius 1 is 1.26 bits per heavy atom. The van der Waals surface area contributed by atoms with Gasteiger partial charge in [-0.05, 0) is 56.0 Å². The highest BCUT2D eigenvalue weighted by atomic mass is 32.2. The van der Waals surface area contributed by atoms with Crippen molar-refractivity contribution >= 4 is 23.5 Å². The number of rotatable bonds is 9. The van der Waals surface area contributed by atoms with Gasteiger partial charge in [0.2, 0.25) is 0 Å². The molecule has 0 aliphatic heterocycles. The summed E-state index contributed by atoms with van der Waals surface area (Å²) < 4.78 is 6.30. The average molecular weight is 494 g/mol. The molecule has 3 fully saturated rings. The smallest absolute Gasteiger partial charge is 0.316 e. The van der Waals surface area contributed by atoms with Gasteiger partial charge in [-0.1, -0.05) is 47.6 Å². The second-order valence-corrected chi connectivity index (χ2v) is 12.7. The third-order valence-electron chi connectivity index (χ3n) is 10.2. The van der Waals surface area contributed by atoms with Gasteiger partial charge in [0.15, 0.2) is 0 Å². The quantitative estimate of drug-likeness (QED) is 0.278. The van der Waals surface area contributed by atoms with Crippen LogP contribution in [-0.4, -0.2) is 65.1 Å². The molecule has 3 rings (SSSR count). The largest absolute Gasteiger partial charge is 0.461 e. The molecule has 0 radical (unpaired) electrons. The molecule has 0 amide bonds. The number of Topliss-reactive ketones (excluding diaryl/α,β-unsaturated/α-hetero) is 1. The first kappa shape index (κ1) is 27.7. The maximum atomic E-state index is 13.4. The fourth-order valence-electron chi connectivity index (χ4n) is 7.58. The van der Waals surface area contributed by atoms with E-state index in [1.807, 2.05) is 13.0 Å². The predicted molar refractivity (Wildman–Crippen MR) is 140 cm³/mol. The van der Waals surface area contributed by atoms with Crippen LogP contribution < -0.4 is 0 Å². The minimum atomic E-state index is -0.624. The van der Waals surface area contributed by atoms with Crippen LogP contribution in [0.2, 0.25) is 0 Å². The lowest BCUT2D eigenvalue weighted by Crippen LogP contribution is -2.63. The zero-order chi connectivity index (χ0) is 25.3. The number of ether oxygens (including phenoxy) is 1. The summed E-state index contributed by atoms with van der Waals surface area (Å²) in [6.45, 7) is 20.0. The van der Waals surface area contributed by atoms with E-state index in [9.17, 15) is 14.7 Å². The van der Waals surface area contributed by atoms with Gasteiger partial charge in [-0.3, -0.25) is 9.59 Å². The van der Waals surface area contributed by atoms with Crippen LogP contribution in [0.1, 0.15) is 73.6 Å². The molecular formula is C28H47NO4S. The van der Waals surface area contributed by atoms with Gasteiger partial charge in [-0.2, -0.15) is 0 Å². The summed E-state index contributed by atoms with van der Waals surface area (Å²) in [5.74, 6) is 1.37. The van der Waals surface area contributed by atoms with Crippen LogP contribution in [0.3, 0.4) is 0 Å². The van der Waals surface area contributed by atoms with Gasteiger partial charge in [0.05, 0.1) is 11.9 Å². The standard InChI is InChI=1S/C28H47NO4S/c1-8-26(6)17-22(33-23(31)18-34-16-15-29(9-2)10-3)27(7)19(4)11-13-28(20(5)25(26)32)14-12-21(30)24(27)28/h8,19-20,22,24-25,32H,1,9-18H2,2-7H3/t19?,20?,22?,24-,25?,26-,27-,28+/m1/s1. The van der Waals surface area contributed by atoms with E-state index in [0.717, 1.165) is 44.6 Å². The molecule has 2 bridgehead atoms. The van der Waals surface area contributed by atoms with Crippen LogP contribution in [0.15, 0.2) is 12.7 Å². The number of carbonyl (C=O) groups is 2. The van der Waals surface area contributed by atoms with E-state index in [4.69, 9.17) is 4.74 Å². The number of hydrogen-bond acceptors (Lipinski definition) is 6. The summed E-state index contributed by atoms with van der Waals surface area (Å²) in [6.07, 6.45) is 4.64. The van der Waals surface area contributed by atoms with Gasteiger partial charge in [0.25, 0.3) is 0 Å². The Morgan fingerprint density at radius 2 is 1.94 bits per heavy atom. The normalized spacial score (nSPS) is 42.1. The molecule has 0 heterocycles. The van der Waals surface area contributed by atoms with Crippen molar-refractivity contribution in [3.8, 4) is 0 Å². The molecule has 0 saturated heterocycles. The van der Waals surface area contributed by atoms with Crippen molar-refractivity contribution in [1.82, 2.24) is 4.90 Å². The molecule has 0 aromatic carbocycles. The van der Waals surface area contributed by atoms with E-state index >= 15 is 0 Å². The molecule has 3 saturated carbocycles. The number of hydrogen-bond donors (Lipinski definition) is 1. The van der Waals surface area contributed by atoms with Gasteiger partial charge in [-0.25, -0.2) is 0 Å². The van der Waals surface area contributed by atoms with E-state index < -0.39 is 23.0 Å². The van der Waals surface area contributed by atoms with E-state index in [0.29, 0.717) is 24.4 Å². The Morgan fingerprint density at radius 3 is 2.56 bits per heavy atom. The molecule has 4 unspecified atom stereocenters. The molecule has 0 aromatic rings. The predicted octanol–water partition coefficient (Wildman–Crippen LogP) is 4.97. The zero-order valence-corrected chi connectivity index (χ0v) is 23.1. The Hall–Kier alpha value is -0.850. The summed E-state index contributed by atoms with van der Waals surface area (Å²) in [4.78, 5) is 28.9. The summed E-state index contributed by atoms with van der Waals surface area (Å²) in [6, 6.07) is 0. The van der Waals surface area contributed by atoms with Gasteiger partial charge in [0, 0.05) is 35.5 Å². The van der Waals surface area contributed by atoms with Crippen molar-refractivity contribution in [2.45, 2.75) is 85.9 Å². The second kappa shape index (κ2) is 10.6. The minimum Gasteiger partial charge on any atom is -0.461 e. The second-order valence-electron chi connectivity index (χ2n) is 11.6. The Kier molecular flexibility index (Phi) is 8.68.